The highest BCUT2D eigenvalue weighted by atomic mass is 16.5. The van der Waals surface area contributed by atoms with Gasteiger partial charge < -0.3 is 14.5 Å². The van der Waals surface area contributed by atoms with Gasteiger partial charge in [0.25, 0.3) is 5.91 Å². The lowest BCUT2D eigenvalue weighted by Gasteiger charge is -2.13. The highest BCUT2D eigenvalue weighted by Crippen LogP contribution is 2.21. The number of hydrogen-bond donors (Lipinski definition) is 1. The maximum Gasteiger partial charge on any atom is 0.357 e. The number of carbonyl (C=O) groups excluding carboxylic acids is 2. The smallest absolute Gasteiger partial charge is 0.357 e. The van der Waals surface area contributed by atoms with E-state index in [0.29, 0.717) is 17.1 Å². The number of nitrogens with zero attached hydrogens (tertiary/aromatic N) is 4. The van der Waals surface area contributed by atoms with E-state index in [-0.39, 0.29) is 17.6 Å². The van der Waals surface area contributed by atoms with Crippen molar-refractivity contribution in [2.45, 2.75) is 32.7 Å². The minimum Gasteiger partial charge on any atom is -0.465 e. The predicted octanol–water partition coefficient (Wildman–Crippen LogP) is 2.78. The van der Waals surface area contributed by atoms with Gasteiger partial charge in [-0.15, -0.1) is 5.10 Å². The SMILES string of the molecule is CCC[C@H](C)NC(=O)COC(=O)/C(=C/c1ccco1)n1nnnc1-c1ccccc1. The summed E-state index contributed by atoms with van der Waals surface area (Å²) in [5.74, 6) is -0.361. The average molecular weight is 409 g/mol. The van der Waals surface area contributed by atoms with E-state index in [4.69, 9.17) is 9.15 Å². The second-order valence-corrected chi connectivity index (χ2v) is 6.66. The van der Waals surface area contributed by atoms with Gasteiger partial charge in [-0.3, -0.25) is 4.79 Å². The molecule has 3 aromatic rings. The van der Waals surface area contributed by atoms with Crippen LogP contribution >= 0.6 is 0 Å². The number of tetrazole rings is 1. The molecule has 0 aliphatic heterocycles. The summed E-state index contributed by atoms with van der Waals surface area (Å²) >= 11 is 0. The standard InChI is InChI=1S/C21H23N5O4/c1-3-8-15(2)22-19(27)14-30-21(28)18(13-17-11-7-12-29-17)26-20(23-24-25-26)16-9-5-4-6-10-16/h4-7,9-13,15H,3,8,14H2,1-2H3,(H,22,27)/b18-13-/t15-/m0/s1. The fourth-order valence-electron chi connectivity index (χ4n) is 2.86. The molecular weight excluding hydrogens is 386 g/mol. The van der Waals surface area contributed by atoms with Crippen molar-refractivity contribution < 1.29 is 18.7 Å². The molecule has 0 aliphatic carbocycles. The van der Waals surface area contributed by atoms with Crippen LogP contribution in [0.5, 0.6) is 0 Å². The van der Waals surface area contributed by atoms with E-state index in [1.165, 1.54) is 17.0 Å². The lowest BCUT2D eigenvalue weighted by atomic mass is 10.2. The fraction of sp³-hybridized carbons (Fsp3) is 0.286. The first-order chi connectivity index (χ1) is 14.6. The summed E-state index contributed by atoms with van der Waals surface area (Å²) in [6, 6.07) is 12.6. The Morgan fingerprint density at radius 1 is 1.23 bits per heavy atom. The molecular formula is C21H23N5O4. The molecule has 1 atom stereocenters. The van der Waals surface area contributed by atoms with Crippen LogP contribution in [0.4, 0.5) is 0 Å². The van der Waals surface area contributed by atoms with Crippen LogP contribution in [0, 0.1) is 0 Å². The summed E-state index contributed by atoms with van der Waals surface area (Å²) in [6.07, 6.45) is 4.73. The van der Waals surface area contributed by atoms with Crippen LogP contribution in [0.3, 0.4) is 0 Å². The van der Waals surface area contributed by atoms with Crippen molar-refractivity contribution in [2.24, 2.45) is 0 Å². The van der Waals surface area contributed by atoms with Gasteiger partial charge in [-0.1, -0.05) is 43.7 Å². The van der Waals surface area contributed by atoms with Crippen LogP contribution in [0.15, 0.2) is 53.1 Å². The first-order valence-electron chi connectivity index (χ1n) is 9.64. The molecule has 156 valence electrons. The molecule has 30 heavy (non-hydrogen) atoms. The summed E-state index contributed by atoms with van der Waals surface area (Å²) in [5, 5.41) is 14.4. The average Bonchev–Trinajstić information content (AvgIpc) is 3.43. The molecule has 9 nitrogen and oxygen atoms in total. The van der Waals surface area contributed by atoms with Gasteiger partial charge in [0.2, 0.25) is 0 Å². The number of carbonyl (C=O) groups is 2. The minimum atomic E-state index is -0.755. The number of hydrogen-bond acceptors (Lipinski definition) is 7. The molecule has 9 heteroatoms. The topological polar surface area (TPSA) is 112 Å². The van der Waals surface area contributed by atoms with Crippen molar-refractivity contribution in [1.29, 1.82) is 0 Å². The number of ether oxygens (including phenoxy) is 1. The van der Waals surface area contributed by atoms with E-state index >= 15 is 0 Å². The molecule has 2 aromatic heterocycles. The third-order valence-corrected chi connectivity index (χ3v) is 4.22. The number of esters is 1. The Hall–Kier alpha value is -3.75. The van der Waals surface area contributed by atoms with Crippen LogP contribution in [0.2, 0.25) is 0 Å². The lowest BCUT2D eigenvalue weighted by molar-refractivity contribution is -0.143. The van der Waals surface area contributed by atoms with Crippen molar-refractivity contribution in [1.82, 2.24) is 25.5 Å². The van der Waals surface area contributed by atoms with Gasteiger partial charge in [0, 0.05) is 17.7 Å². The summed E-state index contributed by atoms with van der Waals surface area (Å²) in [5.41, 5.74) is 0.731. The maximum absolute atomic E-state index is 12.8. The van der Waals surface area contributed by atoms with Crippen molar-refractivity contribution in [3.8, 4) is 11.4 Å². The zero-order chi connectivity index (χ0) is 21.3. The molecule has 0 fully saturated rings. The lowest BCUT2D eigenvalue weighted by Crippen LogP contribution is -2.36. The van der Waals surface area contributed by atoms with Crippen LogP contribution in [-0.2, 0) is 14.3 Å². The molecule has 3 rings (SSSR count). The van der Waals surface area contributed by atoms with Gasteiger partial charge in [0.15, 0.2) is 18.1 Å². The van der Waals surface area contributed by atoms with E-state index in [1.54, 1.807) is 12.1 Å². The normalized spacial score (nSPS) is 12.4. The highest BCUT2D eigenvalue weighted by molar-refractivity contribution is 6.15. The molecule has 1 N–H and O–H groups in total. The number of amides is 1. The Morgan fingerprint density at radius 3 is 2.73 bits per heavy atom. The molecule has 0 spiro atoms. The zero-order valence-corrected chi connectivity index (χ0v) is 16.8. The van der Waals surface area contributed by atoms with Crippen LogP contribution in [0.25, 0.3) is 23.2 Å². The van der Waals surface area contributed by atoms with Crippen LogP contribution in [0.1, 0.15) is 32.4 Å². The van der Waals surface area contributed by atoms with E-state index < -0.39 is 12.6 Å². The molecule has 0 aliphatic rings. The van der Waals surface area contributed by atoms with E-state index in [0.717, 1.165) is 12.8 Å². The Labute approximate surface area is 173 Å². The minimum absolute atomic E-state index is 0.00327. The maximum atomic E-state index is 12.8. The second-order valence-electron chi connectivity index (χ2n) is 6.66. The molecule has 0 saturated carbocycles. The quantitative estimate of drug-likeness (QED) is 0.427. The summed E-state index contributed by atoms with van der Waals surface area (Å²) in [7, 11) is 0. The van der Waals surface area contributed by atoms with Crippen molar-refractivity contribution in [3.63, 3.8) is 0 Å². The van der Waals surface area contributed by atoms with E-state index in [9.17, 15) is 9.59 Å². The van der Waals surface area contributed by atoms with Crippen LogP contribution in [-0.4, -0.2) is 44.7 Å². The zero-order valence-electron chi connectivity index (χ0n) is 16.8. The Bertz CT molecular complexity index is 996. The number of aromatic nitrogens is 4. The summed E-state index contributed by atoms with van der Waals surface area (Å²) < 4.78 is 11.8. The van der Waals surface area contributed by atoms with Crippen molar-refractivity contribution >= 4 is 23.6 Å². The van der Waals surface area contributed by atoms with Gasteiger partial charge in [-0.25, -0.2) is 4.79 Å². The summed E-state index contributed by atoms with van der Waals surface area (Å²) in [4.78, 5) is 24.9. The van der Waals surface area contributed by atoms with Crippen molar-refractivity contribution in [2.75, 3.05) is 6.61 Å². The number of nitrogens with one attached hydrogen (secondary N) is 1. The molecule has 1 amide bonds. The van der Waals surface area contributed by atoms with Gasteiger partial charge >= 0.3 is 5.97 Å². The Morgan fingerprint density at radius 2 is 2.03 bits per heavy atom. The third-order valence-electron chi connectivity index (χ3n) is 4.22. The van der Waals surface area contributed by atoms with Gasteiger partial charge in [-0.05, 0) is 35.9 Å². The van der Waals surface area contributed by atoms with Crippen molar-refractivity contribution in [3.05, 3.63) is 54.5 Å². The second kappa shape index (κ2) is 10.1. The number of benzene rings is 1. The highest BCUT2D eigenvalue weighted by Gasteiger charge is 2.22. The Kier molecular flexibility index (Phi) is 7.09. The van der Waals surface area contributed by atoms with Gasteiger partial charge in [0.05, 0.1) is 6.26 Å². The predicted molar refractivity (Wildman–Crippen MR) is 110 cm³/mol. The van der Waals surface area contributed by atoms with E-state index in [2.05, 4.69) is 20.8 Å². The van der Waals surface area contributed by atoms with Gasteiger partial charge in [-0.2, -0.15) is 4.68 Å². The molecule has 0 bridgehead atoms. The summed E-state index contributed by atoms with van der Waals surface area (Å²) in [6.45, 7) is 3.52. The van der Waals surface area contributed by atoms with Gasteiger partial charge in [0.1, 0.15) is 5.76 Å². The molecule has 2 heterocycles. The monoisotopic (exact) mass is 409 g/mol. The number of rotatable bonds is 9. The molecule has 0 saturated heterocycles. The largest absolute Gasteiger partial charge is 0.465 e. The first kappa shape index (κ1) is 21.0. The molecule has 0 radical (unpaired) electrons. The Balaban J connectivity index is 1.82. The molecule has 0 unspecified atom stereocenters. The van der Waals surface area contributed by atoms with Crippen LogP contribution < -0.4 is 5.32 Å². The fourth-order valence-corrected chi connectivity index (χ4v) is 2.86. The number of furan rings is 1. The third kappa shape index (κ3) is 5.40. The first-order valence-corrected chi connectivity index (χ1v) is 9.64. The molecule has 1 aromatic carbocycles. The van der Waals surface area contributed by atoms with E-state index in [1.807, 2.05) is 44.2 Å².